The van der Waals surface area contributed by atoms with Crippen molar-refractivity contribution in [3.05, 3.63) is 71.5 Å². The average molecular weight is 475 g/mol. The van der Waals surface area contributed by atoms with E-state index >= 15 is 0 Å². The zero-order valence-corrected chi connectivity index (χ0v) is 19.9. The van der Waals surface area contributed by atoms with Crippen LogP contribution in [0.5, 0.6) is 5.75 Å². The number of nitrogens with two attached hydrogens (primary N) is 2. The molecule has 7 N–H and O–H groups in total. The van der Waals surface area contributed by atoms with Gasteiger partial charge in [0.1, 0.15) is 11.6 Å². The van der Waals surface area contributed by atoms with Gasteiger partial charge in [0.25, 0.3) is 0 Å². The molecule has 184 valence electrons. The summed E-state index contributed by atoms with van der Waals surface area (Å²) in [6.07, 6.45) is 12.5. The van der Waals surface area contributed by atoms with E-state index in [9.17, 15) is 5.11 Å². The van der Waals surface area contributed by atoms with E-state index in [1.54, 1.807) is 18.2 Å². The van der Waals surface area contributed by atoms with Gasteiger partial charge in [0.2, 0.25) is 5.95 Å². The SMILES string of the molecule is NC1=C(/C=C(\N)c2ccccc2O)N2CCN(c3ncc(/C=C/C4CCNCC4)cn3)CC2CN1. The maximum atomic E-state index is 10.2. The van der Waals surface area contributed by atoms with E-state index in [0.29, 0.717) is 23.0 Å². The lowest BCUT2D eigenvalue weighted by Crippen LogP contribution is -2.59. The molecule has 0 aliphatic carbocycles. The first-order valence-electron chi connectivity index (χ1n) is 12.3. The van der Waals surface area contributed by atoms with Gasteiger partial charge in [-0.2, -0.15) is 0 Å². The summed E-state index contributed by atoms with van der Waals surface area (Å²) in [5, 5.41) is 16.9. The van der Waals surface area contributed by atoms with Crippen LogP contribution in [0.3, 0.4) is 0 Å². The lowest BCUT2D eigenvalue weighted by atomic mass is 9.97. The maximum Gasteiger partial charge on any atom is 0.225 e. The molecule has 0 amide bonds. The van der Waals surface area contributed by atoms with Gasteiger partial charge in [-0.15, -0.1) is 0 Å². The molecule has 35 heavy (non-hydrogen) atoms. The summed E-state index contributed by atoms with van der Waals surface area (Å²) >= 11 is 0. The van der Waals surface area contributed by atoms with Crippen molar-refractivity contribution in [3.63, 3.8) is 0 Å². The Balaban J connectivity index is 1.25. The molecule has 0 bridgehead atoms. The number of hydrogen-bond donors (Lipinski definition) is 5. The third-order valence-electron chi connectivity index (χ3n) is 6.99. The van der Waals surface area contributed by atoms with Crippen LogP contribution in [0.4, 0.5) is 5.95 Å². The standard InChI is InChI=1S/C26H34N8O/c27-22(21-3-1-2-4-24(21)35)13-23-25(28)30-16-20-17-33(11-12-34(20)23)26-31-14-19(15-32-26)6-5-18-7-9-29-10-8-18/h1-6,13-15,18,20,29-30,35H,7-12,16-17,27-28H2/b6-5+,22-13-. The van der Waals surface area contributed by atoms with E-state index < -0.39 is 0 Å². The quantitative estimate of drug-likeness (QED) is 0.437. The summed E-state index contributed by atoms with van der Waals surface area (Å²) in [4.78, 5) is 13.8. The monoisotopic (exact) mass is 474 g/mol. The van der Waals surface area contributed by atoms with Crippen LogP contribution in [0.25, 0.3) is 11.8 Å². The second kappa shape index (κ2) is 10.3. The van der Waals surface area contributed by atoms with Gasteiger partial charge in [0.15, 0.2) is 0 Å². The molecule has 9 heteroatoms. The molecule has 1 atom stereocenters. The fourth-order valence-electron chi connectivity index (χ4n) is 4.97. The first-order valence-corrected chi connectivity index (χ1v) is 12.3. The zero-order valence-electron chi connectivity index (χ0n) is 19.9. The van der Waals surface area contributed by atoms with Crippen molar-refractivity contribution in [2.24, 2.45) is 17.4 Å². The molecule has 9 nitrogen and oxygen atoms in total. The van der Waals surface area contributed by atoms with Crippen molar-refractivity contribution in [2.75, 3.05) is 44.2 Å². The third kappa shape index (κ3) is 5.19. The molecule has 4 heterocycles. The van der Waals surface area contributed by atoms with Crippen molar-refractivity contribution in [1.82, 2.24) is 25.5 Å². The number of fused-ring (bicyclic) bond motifs is 1. The first-order chi connectivity index (χ1) is 17.1. The second-order valence-electron chi connectivity index (χ2n) is 9.35. The normalized spacial score (nSPS) is 21.8. The third-order valence-corrected chi connectivity index (χ3v) is 6.99. The number of phenolic OH excluding ortho intramolecular Hbond substituents is 1. The van der Waals surface area contributed by atoms with Crippen LogP contribution in [-0.4, -0.2) is 65.3 Å². The Hall–Kier alpha value is -3.72. The number of aromatic hydroxyl groups is 1. The number of piperazine rings is 1. The molecule has 2 aromatic rings. The second-order valence-corrected chi connectivity index (χ2v) is 9.35. The Bertz CT molecular complexity index is 1120. The predicted molar refractivity (Wildman–Crippen MR) is 139 cm³/mol. The number of piperidine rings is 1. The number of nitrogens with one attached hydrogen (secondary N) is 2. The number of hydrogen-bond acceptors (Lipinski definition) is 9. The summed E-state index contributed by atoms with van der Waals surface area (Å²) in [5.74, 6) is 2.12. The van der Waals surface area contributed by atoms with Gasteiger partial charge in [0, 0.05) is 55.4 Å². The van der Waals surface area contributed by atoms with Gasteiger partial charge in [-0.1, -0.05) is 24.3 Å². The summed E-state index contributed by atoms with van der Waals surface area (Å²) in [6.45, 7) is 5.24. The Morgan fingerprint density at radius 2 is 1.89 bits per heavy atom. The molecule has 3 aliphatic rings. The number of rotatable bonds is 5. The predicted octanol–water partition coefficient (Wildman–Crippen LogP) is 1.42. The molecule has 1 unspecified atom stereocenters. The minimum atomic E-state index is 0.150. The lowest BCUT2D eigenvalue weighted by Gasteiger charge is -2.46. The van der Waals surface area contributed by atoms with Crippen LogP contribution in [-0.2, 0) is 0 Å². The van der Waals surface area contributed by atoms with Crippen molar-refractivity contribution in [3.8, 4) is 5.75 Å². The minimum Gasteiger partial charge on any atom is -0.507 e. The molecule has 0 saturated carbocycles. The zero-order chi connectivity index (χ0) is 24.2. The first kappa shape index (κ1) is 23.0. The number of aromatic nitrogens is 2. The molecule has 1 aromatic carbocycles. The van der Waals surface area contributed by atoms with Gasteiger partial charge in [-0.25, -0.2) is 9.97 Å². The van der Waals surface area contributed by atoms with Crippen molar-refractivity contribution in [1.29, 1.82) is 0 Å². The number of phenols is 1. The number of allylic oxidation sites excluding steroid dienone is 2. The number of para-hydroxylation sites is 1. The molecule has 2 fully saturated rings. The highest BCUT2D eigenvalue weighted by Crippen LogP contribution is 2.27. The van der Waals surface area contributed by atoms with Gasteiger partial charge < -0.3 is 37.0 Å². The van der Waals surface area contributed by atoms with E-state index in [1.807, 2.05) is 24.5 Å². The molecule has 1 aromatic heterocycles. The Kier molecular flexibility index (Phi) is 6.76. The molecular weight excluding hydrogens is 440 g/mol. The van der Waals surface area contributed by atoms with E-state index in [1.165, 1.54) is 12.8 Å². The van der Waals surface area contributed by atoms with Gasteiger partial charge in [0.05, 0.1) is 11.7 Å². The fourth-order valence-corrected chi connectivity index (χ4v) is 4.97. The van der Waals surface area contributed by atoms with Crippen molar-refractivity contribution >= 4 is 17.7 Å². The molecule has 0 spiro atoms. The number of benzene rings is 1. The van der Waals surface area contributed by atoms with E-state index in [2.05, 4.69) is 42.6 Å². The van der Waals surface area contributed by atoms with Gasteiger partial charge in [-0.05, 0) is 50.1 Å². The summed E-state index contributed by atoms with van der Waals surface area (Å²) in [7, 11) is 0. The smallest absolute Gasteiger partial charge is 0.225 e. The molecular formula is C26H34N8O. The number of nitrogens with zero attached hydrogens (tertiary/aromatic N) is 4. The van der Waals surface area contributed by atoms with Crippen molar-refractivity contribution < 1.29 is 5.11 Å². The molecule has 0 radical (unpaired) electrons. The van der Waals surface area contributed by atoms with E-state index in [-0.39, 0.29) is 11.8 Å². The average Bonchev–Trinajstić information content (AvgIpc) is 2.90. The largest absolute Gasteiger partial charge is 0.507 e. The Morgan fingerprint density at radius 3 is 2.66 bits per heavy atom. The lowest BCUT2D eigenvalue weighted by molar-refractivity contribution is 0.211. The van der Waals surface area contributed by atoms with Crippen LogP contribution in [0.1, 0.15) is 24.0 Å². The number of anilines is 1. The van der Waals surface area contributed by atoms with Crippen molar-refractivity contribution in [2.45, 2.75) is 18.9 Å². The summed E-state index contributed by atoms with van der Waals surface area (Å²) in [6, 6.07) is 7.25. The fraction of sp³-hybridized carbons (Fsp3) is 0.385. The molecule has 3 aliphatic heterocycles. The van der Waals surface area contributed by atoms with Crippen LogP contribution in [0, 0.1) is 5.92 Å². The van der Waals surface area contributed by atoms with Crippen LogP contribution < -0.4 is 27.0 Å². The maximum absolute atomic E-state index is 10.2. The van der Waals surface area contributed by atoms with E-state index in [4.69, 9.17) is 11.5 Å². The van der Waals surface area contributed by atoms with Crippen LogP contribution in [0.15, 0.2) is 60.3 Å². The topological polar surface area (TPSA) is 129 Å². The Morgan fingerprint density at radius 1 is 1.11 bits per heavy atom. The van der Waals surface area contributed by atoms with Gasteiger partial charge >= 0.3 is 0 Å². The molecule has 2 saturated heterocycles. The highest BCUT2D eigenvalue weighted by Gasteiger charge is 2.33. The minimum absolute atomic E-state index is 0.150. The summed E-state index contributed by atoms with van der Waals surface area (Å²) < 4.78 is 0. The Labute approximate surface area is 206 Å². The highest BCUT2D eigenvalue weighted by molar-refractivity contribution is 5.70. The summed E-state index contributed by atoms with van der Waals surface area (Å²) in [5.41, 5.74) is 15.6. The van der Waals surface area contributed by atoms with Gasteiger partial charge in [-0.3, -0.25) is 0 Å². The molecule has 5 rings (SSSR count). The van der Waals surface area contributed by atoms with E-state index in [0.717, 1.165) is 56.5 Å². The van der Waals surface area contributed by atoms with Crippen LogP contribution >= 0.6 is 0 Å². The van der Waals surface area contributed by atoms with Crippen LogP contribution in [0.2, 0.25) is 0 Å². The highest BCUT2D eigenvalue weighted by atomic mass is 16.3.